The van der Waals surface area contributed by atoms with E-state index < -0.39 is 0 Å². The van der Waals surface area contributed by atoms with Crippen molar-refractivity contribution in [1.82, 2.24) is 6.15 Å². The van der Waals surface area contributed by atoms with Gasteiger partial charge in [0.05, 0.1) is 6.33 Å². The molecule has 0 unspecified atom stereocenters. The topological polar surface area (TPSA) is 61.0 Å². The highest BCUT2D eigenvalue weighted by atomic mass is 19.1. The molecule has 1 rings (SSSR count). The summed E-state index contributed by atoms with van der Waals surface area (Å²) >= 11 is 0. The third-order valence-corrected chi connectivity index (χ3v) is 1.69. The minimum absolute atomic E-state index is 0. The van der Waals surface area contributed by atoms with Crippen LogP contribution in [0.4, 0.5) is 4.39 Å². The summed E-state index contributed by atoms with van der Waals surface area (Å²) in [6, 6.07) is 9.71. The van der Waals surface area contributed by atoms with Crippen molar-refractivity contribution in [2.24, 2.45) is 5.73 Å². The van der Waals surface area contributed by atoms with E-state index in [2.05, 4.69) is 0 Å². The molecule has 0 aliphatic heterocycles. The van der Waals surface area contributed by atoms with E-state index in [1.54, 1.807) is 0 Å². The highest BCUT2D eigenvalue weighted by Crippen LogP contribution is 2.06. The number of rotatable bonds is 3. The summed E-state index contributed by atoms with van der Waals surface area (Å²) in [5.74, 6) is 0. The molecule has 1 aromatic carbocycles. The molecule has 0 aliphatic rings. The van der Waals surface area contributed by atoms with Gasteiger partial charge in [-0.1, -0.05) is 30.3 Å². The molecule has 3 heteroatoms. The Balaban J connectivity index is 0.00000144. The number of hydrogen-bond donors (Lipinski definition) is 2. The molecule has 0 amide bonds. The van der Waals surface area contributed by atoms with Crippen LogP contribution >= 0.6 is 0 Å². The van der Waals surface area contributed by atoms with Gasteiger partial charge >= 0.3 is 0 Å². The van der Waals surface area contributed by atoms with Crippen LogP contribution < -0.4 is 11.9 Å². The second-order valence-electron chi connectivity index (χ2n) is 2.63. The molecule has 0 atom stereocenters. The third kappa shape index (κ3) is 3.83. The van der Waals surface area contributed by atoms with Gasteiger partial charge in [-0.15, -0.1) is 0 Å². The lowest BCUT2D eigenvalue weighted by atomic mass is 10.1. The normalized spacial score (nSPS) is 10.8. The molecule has 0 saturated heterocycles. The van der Waals surface area contributed by atoms with E-state index >= 15 is 0 Å². The molecule has 0 aromatic heterocycles. The number of benzene rings is 1. The predicted molar refractivity (Wildman–Crippen MR) is 53.4 cm³/mol. The fourth-order valence-electron chi connectivity index (χ4n) is 1.01. The van der Waals surface area contributed by atoms with Crippen molar-refractivity contribution in [2.75, 3.05) is 6.54 Å². The minimum atomic E-state index is 0. The Morgan fingerprint density at radius 3 is 2.38 bits per heavy atom. The van der Waals surface area contributed by atoms with Crippen molar-refractivity contribution in [3.8, 4) is 0 Å². The second-order valence-corrected chi connectivity index (χ2v) is 2.63. The van der Waals surface area contributed by atoms with Crippen molar-refractivity contribution in [1.29, 1.82) is 0 Å². The Labute approximate surface area is 77.8 Å². The maximum atomic E-state index is 12.1. The van der Waals surface area contributed by atoms with Gasteiger partial charge in [-0.25, -0.2) is 4.39 Å². The lowest BCUT2D eigenvalue weighted by molar-refractivity contribution is 0.699. The molecule has 0 saturated carbocycles. The molecule has 0 radical (unpaired) electrons. The van der Waals surface area contributed by atoms with Crippen LogP contribution in [0.1, 0.15) is 5.56 Å². The molecule has 0 spiro atoms. The van der Waals surface area contributed by atoms with E-state index in [0.29, 0.717) is 18.3 Å². The summed E-state index contributed by atoms with van der Waals surface area (Å²) in [7, 11) is 0. The first-order valence-corrected chi connectivity index (χ1v) is 3.89. The summed E-state index contributed by atoms with van der Waals surface area (Å²) in [5.41, 5.74) is 7.04. The monoisotopic (exact) mass is 182 g/mol. The minimum Gasteiger partial charge on any atom is -0.344 e. The van der Waals surface area contributed by atoms with Crippen LogP contribution in [0.3, 0.4) is 0 Å². The maximum Gasteiger partial charge on any atom is 0.0875 e. The third-order valence-electron chi connectivity index (χ3n) is 1.69. The first kappa shape index (κ1) is 11.8. The van der Waals surface area contributed by atoms with E-state index in [1.165, 1.54) is 0 Å². The van der Waals surface area contributed by atoms with E-state index in [-0.39, 0.29) is 12.7 Å². The van der Waals surface area contributed by atoms with Gasteiger partial charge in [0.1, 0.15) is 0 Å². The predicted octanol–water partition coefficient (Wildman–Crippen LogP) is 2.20. The molecular weight excluding hydrogens is 167 g/mol. The number of halogens is 1. The zero-order valence-electron chi connectivity index (χ0n) is 7.54. The summed E-state index contributed by atoms with van der Waals surface area (Å²) in [4.78, 5) is 0. The summed E-state index contributed by atoms with van der Waals surface area (Å²) in [6.45, 7) is 0.283. The summed E-state index contributed by atoms with van der Waals surface area (Å²) < 4.78 is 12.1. The molecule has 5 N–H and O–H groups in total. The van der Waals surface area contributed by atoms with E-state index in [9.17, 15) is 4.39 Å². The average Bonchev–Trinajstić information content (AvgIpc) is 2.16. The van der Waals surface area contributed by atoms with E-state index in [4.69, 9.17) is 5.73 Å². The van der Waals surface area contributed by atoms with Crippen LogP contribution in [0, 0.1) is 0 Å². The average molecular weight is 182 g/mol. The van der Waals surface area contributed by atoms with Gasteiger partial charge in [-0.3, -0.25) is 0 Å². The smallest absolute Gasteiger partial charge is 0.0875 e. The van der Waals surface area contributed by atoms with Crippen molar-refractivity contribution in [3.05, 3.63) is 47.8 Å². The Morgan fingerprint density at radius 2 is 1.92 bits per heavy atom. The van der Waals surface area contributed by atoms with Gasteiger partial charge in [-0.2, -0.15) is 0 Å². The largest absolute Gasteiger partial charge is 0.344 e. The van der Waals surface area contributed by atoms with Gasteiger partial charge in [0.2, 0.25) is 0 Å². The molecule has 0 heterocycles. The maximum absolute atomic E-state index is 12.1. The van der Waals surface area contributed by atoms with Crippen LogP contribution in [0.15, 0.2) is 42.2 Å². The van der Waals surface area contributed by atoms with Crippen LogP contribution in [-0.2, 0) is 6.42 Å². The lowest BCUT2D eigenvalue weighted by Gasteiger charge is -2.01. The highest BCUT2D eigenvalue weighted by Gasteiger charge is 1.96. The number of nitrogens with two attached hydrogens (primary N) is 1. The van der Waals surface area contributed by atoms with Crippen LogP contribution in [0.2, 0.25) is 0 Å². The van der Waals surface area contributed by atoms with E-state index in [1.807, 2.05) is 30.3 Å². The lowest BCUT2D eigenvalue weighted by Crippen LogP contribution is -2.04. The fourth-order valence-corrected chi connectivity index (χ4v) is 1.01. The first-order chi connectivity index (χ1) is 5.86. The standard InChI is InChI=1S/C10H12FN.H3N/c11-7-10(8-12)6-9-4-2-1-3-5-9;/h1-5,7H,6,8,12H2;1H3. The van der Waals surface area contributed by atoms with Crippen molar-refractivity contribution >= 4 is 0 Å². The van der Waals surface area contributed by atoms with Crippen LogP contribution in [0.25, 0.3) is 0 Å². The molecule has 0 bridgehead atoms. The van der Waals surface area contributed by atoms with E-state index in [0.717, 1.165) is 5.56 Å². The van der Waals surface area contributed by atoms with Gasteiger partial charge < -0.3 is 11.9 Å². The van der Waals surface area contributed by atoms with Crippen molar-refractivity contribution in [2.45, 2.75) is 6.42 Å². The van der Waals surface area contributed by atoms with Crippen molar-refractivity contribution in [3.63, 3.8) is 0 Å². The molecule has 0 fully saturated rings. The molecule has 72 valence electrons. The summed E-state index contributed by atoms with van der Waals surface area (Å²) in [6.07, 6.45) is 1.20. The first-order valence-electron chi connectivity index (χ1n) is 3.89. The summed E-state index contributed by atoms with van der Waals surface area (Å²) in [5, 5.41) is 0. The van der Waals surface area contributed by atoms with Gasteiger partial charge in [0.15, 0.2) is 0 Å². The zero-order valence-corrected chi connectivity index (χ0v) is 7.54. The molecule has 1 aromatic rings. The van der Waals surface area contributed by atoms with Crippen LogP contribution in [0.5, 0.6) is 0 Å². The molecule has 2 nitrogen and oxygen atoms in total. The molecule has 13 heavy (non-hydrogen) atoms. The Kier molecular flexibility index (Phi) is 5.76. The zero-order chi connectivity index (χ0) is 8.81. The van der Waals surface area contributed by atoms with Gasteiger partial charge in [0.25, 0.3) is 0 Å². The highest BCUT2D eigenvalue weighted by molar-refractivity contribution is 5.21. The quantitative estimate of drug-likeness (QED) is 0.752. The number of hydrogen-bond acceptors (Lipinski definition) is 2. The van der Waals surface area contributed by atoms with Gasteiger partial charge in [0, 0.05) is 6.54 Å². The molecular formula is C10H15FN2. The Hall–Kier alpha value is -1.19. The SMILES string of the molecule is N.NCC(=CF)Cc1ccccc1. The molecule has 0 aliphatic carbocycles. The Bertz CT molecular complexity index is 257. The fraction of sp³-hybridized carbons (Fsp3) is 0.200. The Morgan fingerprint density at radius 1 is 1.31 bits per heavy atom. The second kappa shape index (κ2) is 6.34. The van der Waals surface area contributed by atoms with Crippen LogP contribution in [-0.4, -0.2) is 6.54 Å². The van der Waals surface area contributed by atoms with Gasteiger partial charge in [-0.05, 0) is 17.6 Å². The van der Waals surface area contributed by atoms with Crippen molar-refractivity contribution < 1.29 is 4.39 Å².